The van der Waals surface area contributed by atoms with Crippen molar-refractivity contribution in [3.63, 3.8) is 0 Å². The number of aryl methyl sites for hydroxylation is 1. The molecule has 0 aliphatic carbocycles. The standard InChI is InChI=1S/C43H53F2N7O8S2/c1-25(27-7-9-28(10-8-27)38-26(2)47-24-62-38)48-40(56)33-19-29(53)20-52(33)41(57)39(43(3,4)5)50-35(55)21-59-16-6-13-46-34(54)22-60-37-30(11-12-31(44)36(37)45)32-23-61-42(49-32)51-14-17-58-18-15-51/h7-12,23-25,29,33,39,53H,6,13-22H2,1-5H3,(H,46,54)(H,48,56)(H,50,55)/t25?,29-,33+,39?/m1/s1. The minimum absolute atomic E-state index is 0.0519. The number of β-amino-alcohol motifs (C(OH)–C–C–N with tert-alkyl or cyclic N) is 1. The number of hydrogen-bond donors (Lipinski definition) is 4. The van der Waals surface area contributed by atoms with Crippen LogP contribution in [0, 0.1) is 24.0 Å². The number of hydrogen-bond acceptors (Lipinski definition) is 13. The normalized spacial score (nSPS) is 17.7. The summed E-state index contributed by atoms with van der Waals surface area (Å²) in [6, 6.07) is 7.81. The molecule has 0 bridgehead atoms. The van der Waals surface area contributed by atoms with Crippen LogP contribution < -0.4 is 25.6 Å². The average Bonchev–Trinajstić information content (AvgIpc) is 4.01. The number of ether oxygens (including phenoxy) is 3. The number of nitrogens with one attached hydrogen (secondary N) is 3. The molecule has 4 N–H and O–H groups in total. The minimum Gasteiger partial charge on any atom is -0.480 e. The Morgan fingerprint density at radius 2 is 1.76 bits per heavy atom. The summed E-state index contributed by atoms with van der Waals surface area (Å²) in [5.74, 6) is -4.83. The van der Waals surface area contributed by atoms with E-state index in [0.29, 0.717) is 43.5 Å². The van der Waals surface area contributed by atoms with Crippen LogP contribution in [0.25, 0.3) is 21.7 Å². The van der Waals surface area contributed by atoms with Crippen LogP contribution in [-0.4, -0.2) is 121 Å². The van der Waals surface area contributed by atoms with Gasteiger partial charge in [-0.3, -0.25) is 19.2 Å². The molecule has 4 heterocycles. The van der Waals surface area contributed by atoms with Crippen molar-refractivity contribution in [1.82, 2.24) is 30.8 Å². The summed E-state index contributed by atoms with van der Waals surface area (Å²) in [6.45, 7) is 10.8. The summed E-state index contributed by atoms with van der Waals surface area (Å²) in [4.78, 5) is 66.6. The van der Waals surface area contributed by atoms with Crippen molar-refractivity contribution in [3.05, 3.63) is 70.2 Å². The molecule has 2 unspecified atom stereocenters. The molecule has 2 aromatic carbocycles. The van der Waals surface area contributed by atoms with Gasteiger partial charge in [-0.2, -0.15) is 4.39 Å². The molecule has 0 spiro atoms. The van der Waals surface area contributed by atoms with E-state index < -0.39 is 71.2 Å². The fourth-order valence-corrected chi connectivity index (χ4v) is 8.83. The molecular formula is C43H53F2N7O8S2. The van der Waals surface area contributed by atoms with E-state index in [9.17, 15) is 33.1 Å². The molecule has 4 atom stereocenters. The van der Waals surface area contributed by atoms with Crippen LogP contribution in [0.2, 0.25) is 0 Å². The molecule has 2 fully saturated rings. The lowest BCUT2D eigenvalue weighted by Gasteiger charge is -2.35. The molecule has 0 saturated carbocycles. The molecule has 62 heavy (non-hydrogen) atoms. The average molecular weight is 898 g/mol. The summed E-state index contributed by atoms with van der Waals surface area (Å²) in [5, 5.41) is 21.4. The second-order valence-corrected chi connectivity index (χ2v) is 18.0. The third-order valence-corrected chi connectivity index (χ3v) is 12.4. The quantitative estimate of drug-likeness (QED) is 0.109. The summed E-state index contributed by atoms with van der Waals surface area (Å²) >= 11 is 2.91. The molecule has 4 aromatic rings. The molecule has 15 nitrogen and oxygen atoms in total. The molecule has 2 saturated heterocycles. The maximum Gasteiger partial charge on any atom is 0.257 e. The van der Waals surface area contributed by atoms with E-state index in [-0.39, 0.29) is 44.3 Å². The Balaban J connectivity index is 0.940. The van der Waals surface area contributed by atoms with E-state index in [2.05, 4.69) is 25.9 Å². The lowest BCUT2D eigenvalue weighted by molar-refractivity contribution is -0.144. The number of morpholine rings is 1. The number of aromatic nitrogens is 2. The Morgan fingerprint density at radius 1 is 1.02 bits per heavy atom. The number of aliphatic hydroxyl groups excluding tert-OH is 1. The van der Waals surface area contributed by atoms with Crippen LogP contribution in [0.3, 0.4) is 0 Å². The van der Waals surface area contributed by atoms with E-state index in [1.165, 1.54) is 22.3 Å². The second-order valence-electron chi connectivity index (χ2n) is 16.3. The Labute approximate surface area is 367 Å². The zero-order chi connectivity index (χ0) is 44.6. The first-order valence-corrected chi connectivity index (χ1v) is 22.2. The highest BCUT2D eigenvalue weighted by Gasteiger charge is 2.44. The van der Waals surface area contributed by atoms with Crippen molar-refractivity contribution >= 4 is 51.4 Å². The smallest absolute Gasteiger partial charge is 0.257 e. The summed E-state index contributed by atoms with van der Waals surface area (Å²) in [7, 11) is 0. The number of amides is 4. The predicted molar refractivity (Wildman–Crippen MR) is 231 cm³/mol. The van der Waals surface area contributed by atoms with Gasteiger partial charge in [0, 0.05) is 50.2 Å². The van der Waals surface area contributed by atoms with Gasteiger partial charge in [0.1, 0.15) is 18.7 Å². The lowest BCUT2D eigenvalue weighted by atomic mass is 9.85. The second kappa shape index (κ2) is 20.9. The van der Waals surface area contributed by atoms with Crippen LogP contribution in [-0.2, 0) is 28.7 Å². The van der Waals surface area contributed by atoms with Gasteiger partial charge in [-0.25, -0.2) is 14.4 Å². The monoisotopic (exact) mass is 897 g/mol. The number of nitrogens with zero attached hydrogens (tertiary/aromatic N) is 4. The van der Waals surface area contributed by atoms with Crippen molar-refractivity contribution in [2.75, 3.05) is 64.1 Å². The van der Waals surface area contributed by atoms with E-state index in [0.717, 1.165) is 27.8 Å². The molecule has 19 heteroatoms. The number of aliphatic hydroxyl groups is 1. The van der Waals surface area contributed by atoms with Gasteiger partial charge in [0.25, 0.3) is 5.91 Å². The van der Waals surface area contributed by atoms with E-state index in [1.807, 2.05) is 43.0 Å². The Kier molecular flexibility index (Phi) is 15.6. The lowest BCUT2D eigenvalue weighted by Crippen LogP contribution is -2.58. The molecule has 2 aromatic heterocycles. The number of thiazole rings is 2. The highest BCUT2D eigenvalue weighted by molar-refractivity contribution is 7.14. The van der Waals surface area contributed by atoms with Gasteiger partial charge in [0.2, 0.25) is 23.5 Å². The SMILES string of the molecule is Cc1ncsc1-c1ccc(C(C)NC(=O)[C@@H]2C[C@@H](O)CN2C(=O)C(NC(=O)COCCCNC(=O)COc2c(-c3csc(N4CCOCC4)n3)ccc(F)c2F)C(C)(C)C)cc1. The third-order valence-electron chi connectivity index (χ3n) is 10.5. The number of rotatable bonds is 17. The van der Waals surface area contributed by atoms with Gasteiger partial charge in [0.15, 0.2) is 23.3 Å². The van der Waals surface area contributed by atoms with Crippen molar-refractivity contribution in [2.24, 2.45) is 5.41 Å². The van der Waals surface area contributed by atoms with Gasteiger partial charge >= 0.3 is 0 Å². The number of anilines is 1. The van der Waals surface area contributed by atoms with Crippen LogP contribution >= 0.6 is 22.7 Å². The van der Waals surface area contributed by atoms with Gasteiger partial charge in [-0.05, 0) is 48.9 Å². The molecular weight excluding hydrogens is 845 g/mol. The zero-order valence-corrected chi connectivity index (χ0v) is 37.0. The summed E-state index contributed by atoms with van der Waals surface area (Å²) in [6.07, 6.45) is -0.562. The number of carbonyl (C=O) groups is 4. The van der Waals surface area contributed by atoms with Crippen LogP contribution in [0.15, 0.2) is 47.3 Å². The van der Waals surface area contributed by atoms with Gasteiger partial charge in [0.05, 0.1) is 47.1 Å². The topological polar surface area (TPSA) is 185 Å². The number of likely N-dealkylation sites (tertiary alicyclic amines) is 1. The van der Waals surface area contributed by atoms with Gasteiger partial charge in [-0.1, -0.05) is 45.0 Å². The molecule has 0 radical (unpaired) electrons. The van der Waals surface area contributed by atoms with E-state index in [1.54, 1.807) is 43.0 Å². The van der Waals surface area contributed by atoms with Crippen molar-refractivity contribution < 1.29 is 47.3 Å². The molecule has 334 valence electrons. The molecule has 2 aliphatic heterocycles. The highest BCUT2D eigenvalue weighted by Crippen LogP contribution is 2.37. The third kappa shape index (κ3) is 11.7. The predicted octanol–water partition coefficient (Wildman–Crippen LogP) is 4.63. The number of benzene rings is 2. The molecule has 6 rings (SSSR count). The minimum atomic E-state index is -1.23. The number of carbonyl (C=O) groups excluding carboxylic acids is 4. The van der Waals surface area contributed by atoms with Crippen LogP contribution in [0.4, 0.5) is 13.9 Å². The molecule has 4 amide bonds. The Hall–Kier alpha value is -5.08. The number of halogens is 2. The van der Waals surface area contributed by atoms with Crippen LogP contribution in [0.5, 0.6) is 5.75 Å². The first-order valence-electron chi connectivity index (χ1n) is 20.4. The Bertz CT molecular complexity index is 2190. The van der Waals surface area contributed by atoms with Gasteiger partial charge in [-0.15, -0.1) is 22.7 Å². The van der Waals surface area contributed by atoms with E-state index in [4.69, 9.17) is 14.2 Å². The maximum absolute atomic E-state index is 14.9. The Morgan fingerprint density at radius 3 is 2.45 bits per heavy atom. The summed E-state index contributed by atoms with van der Waals surface area (Å²) in [5.41, 5.74) is 4.47. The fourth-order valence-electron chi connectivity index (χ4n) is 7.14. The van der Waals surface area contributed by atoms with Crippen molar-refractivity contribution in [1.29, 1.82) is 0 Å². The summed E-state index contributed by atoms with van der Waals surface area (Å²) < 4.78 is 45.5. The van der Waals surface area contributed by atoms with Crippen LogP contribution in [0.1, 0.15) is 57.8 Å². The highest BCUT2D eigenvalue weighted by atomic mass is 32.1. The largest absolute Gasteiger partial charge is 0.480 e. The molecule has 2 aliphatic rings. The zero-order valence-electron chi connectivity index (χ0n) is 35.4. The van der Waals surface area contributed by atoms with Gasteiger partial charge < -0.3 is 45.1 Å². The van der Waals surface area contributed by atoms with Crippen molar-refractivity contribution in [2.45, 2.75) is 71.7 Å². The first kappa shape index (κ1) is 46.4. The van der Waals surface area contributed by atoms with Crippen molar-refractivity contribution in [3.8, 4) is 27.4 Å². The maximum atomic E-state index is 14.9. The van der Waals surface area contributed by atoms with E-state index >= 15 is 0 Å². The first-order chi connectivity index (χ1) is 29.6. The fraction of sp³-hybridized carbons (Fsp3) is 0.488.